The van der Waals surface area contributed by atoms with Crippen LogP contribution in [0.4, 0.5) is 0 Å². The van der Waals surface area contributed by atoms with Gasteiger partial charge in [0.2, 0.25) is 5.78 Å². The molecule has 1 fully saturated rings. The van der Waals surface area contributed by atoms with E-state index in [4.69, 9.17) is 21.7 Å². The van der Waals surface area contributed by atoms with Gasteiger partial charge in [0.05, 0.1) is 14.2 Å². The predicted molar refractivity (Wildman–Crippen MR) is 77.3 cm³/mol. The van der Waals surface area contributed by atoms with Crippen LogP contribution in [0.1, 0.15) is 23.2 Å². The Bertz CT molecular complexity index is 495. The third-order valence-corrected chi connectivity index (χ3v) is 3.68. The third-order valence-electron chi connectivity index (χ3n) is 3.23. The number of carbonyl (C=O) groups excluding carboxylic acids is 1. The van der Waals surface area contributed by atoms with Gasteiger partial charge in [-0.1, -0.05) is 12.2 Å². The summed E-state index contributed by atoms with van der Waals surface area (Å²) >= 11 is 5.26. The Hall–Kier alpha value is -1.62. The number of carbonyl (C=O) groups is 1. The molecular weight excluding hydrogens is 262 g/mol. The van der Waals surface area contributed by atoms with Crippen LogP contribution in [0.5, 0.6) is 11.5 Å². The highest BCUT2D eigenvalue weighted by molar-refractivity contribution is 7.82. The molecule has 0 saturated carbocycles. The molecule has 1 aromatic rings. The SMILES string of the molecule is COc1ccc(C(=O)C(=S)N2CCCC2)cc1OC. The molecule has 1 aliphatic rings. The first kappa shape index (κ1) is 13.8. The minimum absolute atomic E-state index is 0.127. The molecule has 0 N–H and O–H groups in total. The lowest BCUT2D eigenvalue weighted by Gasteiger charge is -2.17. The average molecular weight is 279 g/mol. The van der Waals surface area contributed by atoms with Crippen LogP contribution >= 0.6 is 12.2 Å². The van der Waals surface area contributed by atoms with E-state index in [0.29, 0.717) is 22.1 Å². The molecule has 0 spiro atoms. The van der Waals surface area contributed by atoms with Gasteiger partial charge in [0.1, 0.15) is 0 Å². The van der Waals surface area contributed by atoms with Crippen molar-refractivity contribution in [2.45, 2.75) is 12.8 Å². The van der Waals surface area contributed by atoms with Crippen LogP contribution in [0.25, 0.3) is 0 Å². The zero-order valence-corrected chi connectivity index (χ0v) is 12.0. The van der Waals surface area contributed by atoms with E-state index in [2.05, 4.69) is 0 Å². The number of likely N-dealkylation sites (tertiary alicyclic amines) is 1. The summed E-state index contributed by atoms with van der Waals surface area (Å²) in [5.41, 5.74) is 0.537. The lowest BCUT2D eigenvalue weighted by atomic mass is 10.1. The normalized spacial score (nSPS) is 14.3. The van der Waals surface area contributed by atoms with Crippen molar-refractivity contribution < 1.29 is 14.3 Å². The quantitative estimate of drug-likeness (QED) is 0.624. The molecule has 0 unspecified atom stereocenters. The number of hydrogen-bond acceptors (Lipinski definition) is 4. The molecule has 0 atom stereocenters. The molecule has 0 aromatic heterocycles. The van der Waals surface area contributed by atoms with Crippen LogP contribution in [0.3, 0.4) is 0 Å². The number of rotatable bonds is 4. The van der Waals surface area contributed by atoms with Crippen LogP contribution in [-0.4, -0.2) is 43.0 Å². The van der Waals surface area contributed by atoms with Crippen LogP contribution in [0, 0.1) is 0 Å². The van der Waals surface area contributed by atoms with Crippen LogP contribution in [0.15, 0.2) is 18.2 Å². The fourth-order valence-corrected chi connectivity index (χ4v) is 2.47. The Morgan fingerprint density at radius 2 is 1.79 bits per heavy atom. The molecule has 102 valence electrons. The number of hydrogen-bond donors (Lipinski definition) is 0. The second kappa shape index (κ2) is 6.02. The van der Waals surface area contributed by atoms with Gasteiger partial charge in [-0.25, -0.2) is 0 Å². The highest BCUT2D eigenvalue weighted by Crippen LogP contribution is 2.28. The summed E-state index contributed by atoms with van der Waals surface area (Å²) in [4.78, 5) is 14.7. The molecule has 0 aliphatic carbocycles. The number of nitrogens with zero attached hydrogens (tertiary/aromatic N) is 1. The van der Waals surface area contributed by atoms with Crippen molar-refractivity contribution in [1.82, 2.24) is 4.90 Å². The maximum Gasteiger partial charge on any atom is 0.220 e. The zero-order valence-electron chi connectivity index (χ0n) is 11.1. The van der Waals surface area contributed by atoms with E-state index in [1.54, 1.807) is 32.4 Å². The second-order valence-electron chi connectivity index (χ2n) is 4.40. The molecule has 1 saturated heterocycles. The number of thiocarbonyl (C=S) groups is 1. The van der Waals surface area contributed by atoms with Gasteiger partial charge in [0, 0.05) is 18.7 Å². The number of ketones is 1. The number of benzene rings is 1. The maximum absolute atomic E-state index is 12.3. The molecule has 2 rings (SSSR count). The topological polar surface area (TPSA) is 38.8 Å². The van der Waals surface area contributed by atoms with E-state index in [0.717, 1.165) is 25.9 Å². The Kier molecular flexibility index (Phi) is 4.37. The highest BCUT2D eigenvalue weighted by atomic mass is 32.1. The van der Waals surface area contributed by atoms with Crippen LogP contribution in [-0.2, 0) is 0 Å². The minimum atomic E-state index is -0.127. The number of methoxy groups -OCH3 is 2. The van der Waals surface area contributed by atoms with Crippen molar-refractivity contribution in [3.63, 3.8) is 0 Å². The Morgan fingerprint density at radius 1 is 1.16 bits per heavy atom. The smallest absolute Gasteiger partial charge is 0.220 e. The van der Waals surface area contributed by atoms with E-state index in [-0.39, 0.29) is 5.78 Å². The van der Waals surface area contributed by atoms with Gasteiger partial charge in [-0.15, -0.1) is 0 Å². The van der Waals surface area contributed by atoms with Crippen molar-refractivity contribution in [3.8, 4) is 11.5 Å². The zero-order chi connectivity index (χ0) is 13.8. The van der Waals surface area contributed by atoms with Gasteiger partial charge in [0.25, 0.3) is 0 Å². The standard InChI is InChI=1S/C14H17NO3S/c1-17-11-6-5-10(9-12(11)18-2)13(16)14(19)15-7-3-4-8-15/h5-6,9H,3-4,7-8H2,1-2H3. The summed E-state index contributed by atoms with van der Waals surface area (Å²) in [7, 11) is 3.11. The van der Waals surface area contributed by atoms with E-state index < -0.39 is 0 Å². The maximum atomic E-state index is 12.3. The molecule has 0 amide bonds. The van der Waals surface area contributed by atoms with Crippen LogP contribution < -0.4 is 9.47 Å². The lowest BCUT2D eigenvalue weighted by molar-refractivity contribution is 0.105. The lowest BCUT2D eigenvalue weighted by Crippen LogP contribution is -2.32. The molecule has 5 heteroatoms. The summed E-state index contributed by atoms with van der Waals surface area (Å²) in [5.74, 6) is 1.02. The summed E-state index contributed by atoms with van der Waals surface area (Å²) in [6.07, 6.45) is 2.19. The minimum Gasteiger partial charge on any atom is -0.493 e. The highest BCUT2D eigenvalue weighted by Gasteiger charge is 2.22. The van der Waals surface area contributed by atoms with Gasteiger partial charge >= 0.3 is 0 Å². The molecule has 0 radical (unpaired) electrons. The largest absolute Gasteiger partial charge is 0.493 e. The summed E-state index contributed by atoms with van der Waals surface area (Å²) < 4.78 is 10.3. The van der Waals surface area contributed by atoms with E-state index in [1.165, 1.54) is 0 Å². The van der Waals surface area contributed by atoms with Crippen molar-refractivity contribution >= 4 is 23.0 Å². The molecule has 1 heterocycles. The molecule has 1 aliphatic heterocycles. The van der Waals surface area contributed by atoms with Gasteiger partial charge in [-0.3, -0.25) is 4.79 Å². The van der Waals surface area contributed by atoms with E-state index >= 15 is 0 Å². The Morgan fingerprint density at radius 3 is 2.37 bits per heavy atom. The first-order valence-electron chi connectivity index (χ1n) is 6.23. The van der Waals surface area contributed by atoms with E-state index in [1.807, 2.05) is 4.90 Å². The van der Waals surface area contributed by atoms with Crippen LogP contribution in [0.2, 0.25) is 0 Å². The fraction of sp³-hybridized carbons (Fsp3) is 0.429. The van der Waals surface area contributed by atoms with Crippen molar-refractivity contribution in [2.24, 2.45) is 0 Å². The van der Waals surface area contributed by atoms with Gasteiger partial charge in [0.15, 0.2) is 16.5 Å². The van der Waals surface area contributed by atoms with Gasteiger partial charge < -0.3 is 14.4 Å². The fourth-order valence-electron chi connectivity index (χ4n) is 2.16. The van der Waals surface area contributed by atoms with E-state index in [9.17, 15) is 4.79 Å². The first-order valence-corrected chi connectivity index (χ1v) is 6.64. The number of Topliss-reactive ketones (excluding diaryl/α,β-unsaturated/α-hetero) is 1. The molecular formula is C14H17NO3S. The number of ether oxygens (including phenoxy) is 2. The monoisotopic (exact) mass is 279 g/mol. The molecule has 4 nitrogen and oxygen atoms in total. The molecule has 19 heavy (non-hydrogen) atoms. The summed E-state index contributed by atoms with van der Waals surface area (Å²) in [6.45, 7) is 1.75. The van der Waals surface area contributed by atoms with Gasteiger partial charge in [-0.2, -0.15) is 0 Å². The average Bonchev–Trinajstić information content (AvgIpc) is 2.99. The summed E-state index contributed by atoms with van der Waals surface area (Å²) in [5, 5.41) is 0. The molecule has 1 aromatic carbocycles. The first-order chi connectivity index (χ1) is 9.17. The predicted octanol–water partition coefficient (Wildman–Crippen LogP) is 2.31. The Balaban J connectivity index is 2.21. The third kappa shape index (κ3) is 2.87. The van der Waals surface area contributed by atoms with Crippen molar-refractivity contribution in [2.75, 3.05) is 27.3 Å². The van der Waals surface area contributed by atoms with Crippen molar-refractivity contribution in [3.05, 3.63) is 23.8 Å². The molecule has 0 bridgehead atoms. The second-order valence-corrected chi connectivity index (χ2v) is 4.78. The van der Waals surface area contributed by atoms with Crippen molar-refractivity contribution in [1.29, 1.82) is 0 Å². The Labute approximate surface area is 118 Å². The summed E-state index contributed by atoms with van der Waals surface area (Å²) in [6, 6.07) is 5.11. The van der Waals surface area contributed by atoms with Gasteiger partial charge in [-0.05, 0) is 31.0 Å².